The quantitative estimate of drug-likeness (QED) is 0.0312. The van der Waals surface area contributed by atoms with E-state index in [4.69, 9.17) is 5.73 Å². The second-order valence-electron chi connectivity index (χ2n) is 21.2. The first-order valence-corrected chi connectivity index (χ1v) is 26.9. The van der Waals surface area contributed by atoms with E-state index in [0.29, 0.717) is 23.2 Å². The number of benzene rings is 2. The third-order valence-electron chi connectivity index (χ3n) is 13.6. The van der Waals surface area contributed by atoms with E-state index >= 15 is 0 Å². The van der Waals surface area contributed by atoms with Crippen LogP contribution in [0.1, 0.15) is 96.4 Å². The molecule has 1 aliphatic rings. The number of aliphatic carboxylic acids is 3. The summed E-state index contributed by atoms with van der Waals surface area (Å²) in [4.78, 5) is 159. The number of carbonyl (C=O) groups is 11. The van der Waals surface area contributed by atoms with E-state index in [-0.39, 0.29) is 69.1 Å². The molecule has 9 atom stereocenters. The van der Waals surface area contributed by atoms with Crippen LogP contribution in [-0.2, 0) is 72.0 Å². The van der Waals surface area contributed by atoms with Crippen LogP contribution in [0, 0.1) is 11.8 Å². The summed E-state index contributed by atoms with van der Waals surface area (Å²) >= 11 is 0. The van der Waals surface area contributed by atoms with E-state index in [1.807, 2.05) is 19.9 Å². The number of aromatic amines is 2. The van der Waals surface area contributed by atoms with Crippen LogP contribution in [0.4, 0.5) is 0 Å². The van der Waals surface area contributed by atoms with Gasteiger partial charge in [-0.1, -0.05) is 58.0 Å². The number of nitrogens with one attached hydrogen (secondary N) is 9. The zero-order valence-electron chi connectivity index (χ0n) is 46.2. The van der Waals surface area contributed by atoms with Crippen LogP contribution in [-0.4, -0.2) is 166 Å². The monoisotopic (exact) mass is 1140 g/mol. The first-order chi connectivity index (χ1) is 38.8. The summed E-state index contributed by atoms with van der Waals surface area (Å²) in [7, 11) is 0. The van der Waals surface area contributed by atoms with Gasteiger partial charge in [-0.15, -0.1) is 0 Å². The average Bonchev–Trinajstić information content (AvgIpc) is 4.28. The average molecular weight is 1140 g/mol. The number of imidazole rings is 1. The fraction of sp³-hybridized carbons (Fsp3) is 0.491. The number of hydrogen-bond acceptors (Lipinski definition) is 14. The maximum atomic E-state index is 14.8. The van der Waals surface area contributed by atoms with Gasteiger partial charge in [0.05, 0.1) is 18.8 Å². The Morgan fingerprint density at radius 2 is 1.22 bits per heavy atom. The van der Waals surface area contributed by atoms with E-state index in [9.17, 15) is 73.2 Å². The Hall–Kier alpha value is -8.88. The van der Waals surface area contributed by atoms with Crippen molar-refractivity contribution < 1.29 is 73.2 Å². The second kappa shape index (κ2) is 30.1. The Kier molecular flexibility index (Phi) is 23.5. The van der Waals surface area contributed by atoms with Crippen LogP contribution >= 0.6 is 0 Å². The summed E-state index contributed by atoms with van der Waals surface area (Å²) < 4.78 is 0. The highest BCUT2D eigenvalue weighted by molar-refractivity contribution is 5.99. The summed E-state index contributed by atoms with van der Waals surface area (Å²) in [6, 6.07) is 0.107. The molecule has 2 aromatic carbocycles. The lowest BCUT2D eigenvalue weighted by Crippen LogP contribution is -2.60. The summed E-state index contributed by atoms with van der Waals surface area (Å²) in [6.07, 6.45) is 2.80. The van der Waals surface area contributed by atoms with E-state index in [2.05, 4.69) is 52.2 Å². The number of aromatic nitrogens is 3. The van der Waals surface area contributed by atoms with Gasteiger partial charge in [-0.25, -0.2) is 4.98 Å². The van der Waals surface area contributed by atoms with Crippen molar-refractivity contribution in [3.8, 4) is 5.75 Å². The minimum Gasteiger partial charge on any atom is -0.508 e. The molecule has 1 saturated heterocycles. The maximum absolute atomic E-state index is 14.8. The molecular weight excluding hydrogens is 1070 g/mol. The van der Waals surface area contributed by atoms with Gasteiger partial charge in [0.1, 0.15) is 54.1 Å². The number of carboxylic acid groups (broad SMARTS) is 3. The number of para-hydroxylation sites is 1. The molecule has 2 aromatic heterocycles. The number of phenolic OH excluding ortho intramolecular Hbond substituents is 1. The molecular formula is C55H74N12O15. The van der Waals surface area contributed by atoms with Gasteiger partial charge < -0.3 is 78.2 Å². The molecule has 0 radical (unpaired) electrons. The van der Waals surface area contributed by atoms with Crippen molar-refractivity contribution in [3.63, 3.8) is 0 Å². The molecule has 8 amide bonds. The number of nitrogens with zero attached hydrogens (tertiary/aromatic N) is 2. The lowest BCUT2D eigenvalue weighted by molar-refractivity contribution is -0.143. The highest BCUT2D eigenvalue weighted by Gasteiger charge is 2.41. The predicted molar refractivity (Wildman–Crippen MR) is 294 cm³/mol. The maximum Gasteiger partial charge on any atom is 0.325 e. The SMILES string of the molecule is CC(C)C[C@H](NC(=O)[C@@H]1CCCN1C(=O)[C@H](CC(C)C)NC(=O)[C@H](Cc1c[nH]c2ccccc12)NC(=O)[C@H](CCC(=O)O)NC(=O)[C@@H](N)Cc1cnc[nH]1)C(=O)N[C@@H](Cc1ccc(O)cc1)C(=O)N[C@@H](CC(=O)O)C(=O)N[C@@H](C)C(=O)O. The Bertz CT molecular complexity index is 2910. The number of hydrogen-bond donors (Lipinski definition) is 14. The number of amides is 8. The summed E-state index contributed by atoms with van der Waals surface area (Å²) in [5, 5.41) is 56.9. The molecule has 27 nitrogen and oxygen atoms in total. The fourth-order valence-corrected chi connectivity index (χ4v) is 9.36. The third kappa shape index (κ3) is 19.2. The molecule has 0 unspecified atom stereocenters. The number of likely N-dealkylation sites (tertiary alicyclic amines) is 1. The van der Waals surface area contributed by atoms with Gasteiger partial charge in [-0.2, -0.15) is 0 Å². The molecule has 5 rings (SSSR count). The van der Waals surface area contributed by atoms with Crippen LogP contribution in [0.25, 0.3) is 10.9 Å². The van der Waals surface area contributed by atoms with Gasteiger partial charge in [0.2, 0.25) is 47.3 Å². The highest BCUT2D eigenvalue weighted by Crippen LogP contribution is 2.23. The number of nitrogens with two attached hydrogens (primary N) is 1. The molecule has 444 valence electrons. The molecule has 0 saturated carbocycles. The molecule has 0 bridgehead atoms. The Morgan fingerprint density at radius 3 is 1.83 bits per heavy atom. The van der Waals surface area contributed by atoms with Crippen LogP contribution < -0.4 is 43.0 Å². The number of fused-ring (bicyclic) bond motifs is 1. The topological polar surface area (TPSA) is 427 Å². The van der Waals surface area contributed by atoms with Gasteiger partial charge in [0.25, 0.3) is 0 Å². The second-order valence-corrected chi connectivity index (χ2v) is 21.2. The van der Waals surface area contributed by atoms with Crippen LogP contribution in [0.15, 0.2) is 67.3 Å². The summed E-state index contributed by atoms with van der Waals surface area (Å²) in [5.74, 6) is -11.7. The van der Waals surface area contributed by atoms with Gasteiger partial charge in [-0.05, 0) is 80.2 Å². The van der Waals surface area contributed by atoms with Crippen molar-refractivity contribution in [3.05, 3.63) is 84.1 Å². The molecule has 3 heterocycles. The standard InChI is InChI=1S/C55H74N12O15/c1-28(2)19-39(50(76)62-40(21-31-12-14-34(68)15-13-31)51(77)64-42(24-46(71)72)49(75)60-30(5)55(81)82)65-53(79)44-11-8-18-67(44)54(80)43(20-29(3)4)66-52(78)41(22-32-25-58-37-10-7-6-9-35(32)37)63-48(74)38(16-17-45(69)70)61-47(73)36(56)23-33-26-57-27-59-33/h6-7,9-10,12-15,25-30,36,38-44,58,68H,8,11,16-24,56H2,1-5H3,(H,57,59)(H,60,75)(H,61,73)(H,62,76)(H,63,74)(H,64,77)(H,65,79)(H,66,78)(H,69,70)(H,71,72)(H,81,82)/t30-,36-,38-,39-,40-,41-,42-,43-,44-/m0/s1. The number of carbonyl (C=O) groups excluding carboxylic acids is 8. The van der Waals surface area contributed by atoms with Crippen molar-refractivity contribution in [1.29, 1.82) is 0 Å². The van der Waals surface area contributed by atoms with Crippen molar-refractivity contribution in [1.82, 2.24) is 57.1 Å². The largest absolute Gasteiger partial charge is 0.508 e. The molecule has 27 heteroatoms. The Balaban J connectivity index is 1.38. The van der Waals surface area contributed by atoms with Crippen molar-refractivity contribution >= 4 is 76.1 Å². The molecule has 82 heavy (non-hydrogen) atoms. The van der Waals surface area contributed by atoms with Gasteiger partial charge >= 0.3 is 17.9 Å². The van der Waals surface area contributed by atoms with Crippen LogP contribution in [0.3, 0.4) is 0 Å². The normalized spacial score (nSPS) is 16.1. The van der Waals surface area contributed by atoms with Crippen molar-refractivity contribution in [2.75, 3.05) is 6.54 Å². The van der Waals surface area contributed by atoms with Crippen LogP contribution in [0.5, 0.6) is 5.75 Å². The fourth-order valence-electron chi connectivity index (χ4n) is 9.36. The molecule has 0 spiro atoms. The highest BCUT2D eigenvalue weighted by atomic mass is 16.4. The van der Waals surface area contributed by atoms with E-state index in [0.717, 1.165) is 17.8 Å². The number of aromatic hydroxyl groups is 1. The number of phenols is 1. The Morgan fingerprint density at radius 1 is 0.646 bits per heavy atom. The number of rotatable bonds is 31. The lowest BCUT2D eigenvalue weighted by Gasteiger charge is -2.32. The molecule has 15 N–H and O–H groups in total. The first kappa shape index (κ1) is 63.9. The zero-order chi connectivity index (χ0) is 60.4. The van der Waals surface area contributed by atoms with Gasteiger partial charge in [0, 0.05) is 61.2 Å². The van der Waals surface area contributed by atoms with Crippen LogP contribution in [0.2, 0.25) is 0 Å². The lowest BCUT2D eigenvalue weighted by atomic mass is 9.99. The Labute approximate surface area is 472 Å². The van der Waals surface area contributed by atoms with E-state index in [1.54, 1.807) is 38.2 Å². The molecule has 1 aliphatic heterocycles. The molecule has 4 aromatic rings. The summed E-state index contributed by atoms with van der Waals surface area (Å²) in [6.45, 7) is 8.35. The minimum absolute atomic E-state index is 0.00963. The molecule has 1 fully saturated rings. The van der Waals surface area contributed by atoms with Crippen molar-refractivity contribution in [2.24, 2.45) is 17.6 Å². The smallest absolute Gasteiger partial charge is 0.325 e. The first-order valence-electron chi connectivity index (χ1n) is 26.9. The van der Waals surface area contributed by atoms with Crippen molar-refractivity contribution in [2.45, 2.75) is 153 Å². The number of H-pyrrole nitrogens is 2. The van der Waals surface area contributed by atoms with Gasteiger partial charge in [-0.3, -0.25) is 52.7 Å². The minimum atomic E-state index is -1.79. The number of carboxylic acids is 3. The zero-order valence-corrected chi connectivity index (χ0v) is 46.2. The summed E-state index contributed by atoms with van der Waals surface area (Å²) in [5.41, 5.74) is 8.40. The molecule has 0 aliphatic carbocycles. The van der Waals surface area contributed by atoms with E-state index < -0.39 is 132 Å². The van der Waals surface area contributed by atoms with E-state index in [1.165, 1.54) is 41.7 Å². The third-order valence-corrected chi connectivity index (χ3v) is 13.6. The van der Waals surface area contributed by atoms with Gasteiger partial charge in [0.15, 0.2) is 0 Å². The predicted octanol–water partition coefficient (Wildman–Crippen LogP) is -0.127.